The number of carboxylic acids is 2. The van der Waals surface area contributed by atoms with Crippen molar-refractivity contribution < 1.29 is 19.8 Å². The van der Waals surface area contributed by atoms with Crippen LogP contribution in [0.15, 0.2) is 0 Å². The van der Waals surface area contributed by atoms with Crippen molar-refractivity contribution in [3.8, 4) is 0 Å². The van der Waals surface area contributed by atoms with Gasteiger partial charge in [0.2, 0.25) is 0 Å². The molecule has 5 nitrogen and oxygen atoms in total. The second-order valence-corrected chi connectivity index (χ2v) is 3.59. The van der Waals surface area contributed by atoms with E-state index in [2.05, 4.69) is 12.2 Å². The maximum atomic E-state index is 9.43. The van der Waals surface area contributed by atoms with Crippen LogP contribution < -0.4 is 5.32 Å². The average Bonchev–Trinajstić information content (AvgIpc) is 1.86. The third-order valence-electron chi connectivity index (χ3n) is 0.302. The molecule has 0 aliphatic carbocycles. The molecule has 0 bridgehead atoms. The molecule has 0 aliphatic rings. The first-order chi connectivity index (χ1) is 5.95. The summed E-state index contributed by atoms with van der Waals surface area (Å²) in [6, 6.07) is 0. The van der Waals surface area contributed by atoms with E-state index in [0.29, 0.717) is 0 Å². The Hall–Kier alpha value is -0.100. The zero-order chi connectivity index (χ0) is 11.3. The van der Waals surface area contributed by atoms with Crippen molar-refractivity contribution in [2.45, 2.75) is 17.0 Å². The minimum atomic E-state index is -1.31. The van der Waals surface area contributed by atoms with Gasteiger partial charge in [-0.3, -0.25) is 9.59 Å². The Bertz CT molecular complexity index is 116. The standard InChI is InChI=1S/C3H4O4.C2H7N.C2H5.Na/c4-2(5)1-3(6)7;1-3-2;1-2;/h1H2,(H,4,5)(H,6,7);3H,1-2H3;1H2,2H3;. The van der Waals surface area contributed by atoms with Crippen LogP contribution in [0, 0.1) is 0 Å². The van der Waals surface area contributed by atoms with Crippen molar-refractivity contribution in [3.63, 3.8) is 0 Å². The van der Waals surface area contributed by atoms with Gasteiger partial charge in [0.05, 0.1) is 0 Å². The van der Waals surface area contributed by atoms with Gasteiger partial charge < -0.3 is 15.5 Å². The minimum Gasteiger partial charge on any atom is -0.481 e. The van der Waals surface area contributed by atoms with Crippen molar-refractivity contribution in [2.24, 2.45) is 0 Å². The molecule has 0 aromatic heterocycles. The molecule has 0 aromatic carbocycles. The van der Waals surface area contributed by atoms with Gasteiger partial charge in [-0.2, -0.15) is 0 Å². The van der Waals surface area contributed by atoms with Gasteiger partial charge in [0, 0.05) is 0 Å². The van der Waals surface area contributed by atoms with E-state index in [-0.39, 0.29) is 0 Å². The van der Waals surface area contributed by atoms with Crippen LogP contribution in [-0.2, 0) is 9.59 Å². The minimum absolute atomic E-state index is 0.806. The van der Waals surface area contributed by atoms with Gasteiger partial charge in [-0.15, -0.1) is 0 Å². The average molecular weight is 201 g/mol. The smallest absolute Gasteiger partial charge is 0.314 e. The summed E-state index contributed by atoms with van der Waals surface area (Å²) in [6.45, 7) is 2.19. The van der Waals surface area contributed by atoms with Crippen LogP contribution >= 0.6 is 0 Å². The third-order valence-corrected chi connectivity index (χ3v) is 0.302. The molecule has 0 amide bonds. The monoisotopic (exact) mass is 201 g/mol. The summed E-state index contributed by atoms with van der Waals surface area (Å²) < 4.78 is 1.39. The van der Waals surface area contributed by atoms with Gasteiger partial charge in [0.15, 0.2) is 0 Å². The molecular formula is C7H16NNaO4. The molecule has 3 N–H and O–H groups in total. The van der Waals surface area contributed by atoms with E-state index in [1.54, 1.807) is 0 Å². The van der Waals surface area contributed by atoms with Crippen molar-refractivity contribution in [2.75, 3.05) is 14.1 Å². The first-order valence-electron chi connectivity index (χ1n) is 3.98. The van der Waals surface area contributed by atoms with Crippen molar-refractivity contribution in [1.82, 2.24) is 5.32 Å². The number of hydrogen-bond donors (Lipinski definition) is 3. The normalized spacial score (nSPS) is 7.15. The Labute approximate surface area is 95.9 Å². The van der Waals surface area contributed by atoms with Gasteiger partial charge in [0.1, 0.15) is 6.42 Å². The van der Waals surface area contributed by atoms with E-state index in [9.17, 15) is 9.59 Å². The van der Waals surface area contributed by atoms with Gasteiger partial charge in [0.25, 0.3) is 0 Å². The number of nitrogens with one attached hydrogen (secondary N) is 1. The Kier molecular flexibility index (Phi) is 25.6. The SMILES string of the molecule is CNC.C[CH2][Na].O=C(O)CC(=O)O. The fourth-order valence-corrected chi connectivity index (χ4v) is 0.129. The summed E-state index contributed by atoms with van der Waals surface area (Å²) in [5, 5.41) is 18.2. The number of carboxylic acid groups (broad SMARTS) is 2. The maximum Gasteiger partial charge on any atom is 0.314 e. The predicted molar refractivity (Wildman–Crippen MR) is 51.1 cm³/mol. The van der Waals surface area contributed by atoms with Crippen LogP contribution in [0.2, 0.25) is 3.67 Å². The fourth-order valence-electron chi connectivity index (χ4n) is 0.129. The maximum absolute atomic E-state index is 9.43. The molecule has 6 heteroatoms. The second kappa shape index (κ2) is 17.8. The summed E-state index contributed by atoms with van der Waals surface area (Å²) in [7, 11) is 3.75. The van der Waals surface area contributed by atoms with E-state index in [0.717, 1.165) is 0 Å². The Morgan fingerprint density at radius 1 is 1.23 bits per heavy atom. The fraction of sp³-hybridized carbons (Fsp3) is 0.714. The van der Waals surface area contributed by atoms with Crippen molar-refractivity contribution in [3.05, 3.63) is 0 Å². The van der Waals surface area contributed by atoms with Crippen LogP contribution in [0.5, 0.6) is 0 Å². The molecule has 0 aromatic rings. The number of aliphatic carboxylic acids is 2. The summed E-state index contributed by atoms with van der Waals surface area (Å²) in [5.74, 6) is -2.62. The molecule has 0 atom stereocenters. The van der Waals surface area contributed by atoms with Crippen molar-refractivity contribution in [1.29, 1.82) is 0 Å². The molecule has 0 spiro atoms. The van der Waals surface area contributed by atoms with Crippen molar-refractivity contribution >= 4 is 39.9 Å². The second-order valence-electron chi connectivity index (χ2n) is 2.17. The van der Waals surface area contributed by atoms with E-state index >= 15 is 0 Å². The number of hydrogen-bond acceptors (Lipinski definition) is 3. The van der Waals surface area contributed by atoms with Crippen LogP contribution in [0.25, 0.3) is 0 Å². The molecule has 0 aliphatic heterocycles. The predicted octanol–water partition coefficient (Wildman–Crippen LogP) is -0.0256. The quantitative estimate of drug-likeness (QED) is 0.431. The molecule has 0 heterocycles. The first-order valence-corrected chi connectivity index (χ1v) is 5.39. The Balaban J connectivity index is -0.000000140. The number of rotatable bonds is 2. The van der Waals surface area contributed by atoms with Crippen LogP contribution in [0.1, 0.15) is 13.3 Å². The Morgan fingerprint density at radius 2 is 1.38 bits per heavy atom. The van der Waals surface area contributed by atoms with E-state index < -0.39 is 18.4 Å². The molecular weight excluding hydrogens is 185 g/mol. The zero-order valence-electron chi connectivity index (χ0n) is 8.63. The van der Waals surface area contributed by atoms with E-state index in [1.165, 1.54) is 31.6 Å². The van der Waals surface area contributed by atoms with Crippen LogP contribution in [0.3, 0.4) is 0 Å². The molecule has 74 valence electrons. The molecule has 13 heavy (non-hydrogen) atoms. The van der Waals surface area contributed by atoms with Gasteiger partial charge in [-0.1, -0.05) is 0 Å². The van der Waals surface area contributed by atoms with E-state index in [4.69, 9.17) is 10.2 Å². The largest absolute Gasteiger partial charge is 0.481 e. The molecule has 0 saturated carbocycles. The molecule has 0 rings (SSSR count). The summed E-state index contributed by atoms with van der Waals surface area (Å²) in [6.07, 6.45) is -0.806. The molecule has 0 radical (unpaired) electrons. The van der Waals surface area contributed by atoms with Gasteiger partial charge in [-0.25, -0.2) is 0 Å². The first kappa shape index (κ1) is 18.6. The van der Waals surface area contributed by atoms with Gasteiger partial charge >= 0.3 is 50.5 Å². The summed E-state index contributed by atoms with van der Waals surface area (Å²) in [4.78, 5) is 18.9. The van der Waals surface area contributed by atoms with Crippen LogP contribution in [0.4, 0.5) is 0 Å². The topological polar surface area (TPSA) is 86.6 Å². The number of carbonyl (C=O) groups is 2. The Morgan fingerprint density at radius 3 is 1.38 bits per heavy atom. The van der Waals surface area contributed by atoms with E-state index in [1.807, 2.05) is 14.1 Å². The summed E-state index contributed by atoms with van der Waals surface area (Å²) in [5.41, 5.74) is 0. The molecule has 0 saturated heterocycles. The molecule has 0 fully saturated rings. The van der Waals surface area contributed by atoms with Crippen LogP contribution in [-0.4, -0.2) is 64.2 Å². The van der Waals surface area contributed by atoms with Gasteiger partial charge in [-0.05, 0) is 14.1 Å². The third kappa shape index (κ3) is 76.7. The zero-order valence-corrected chi connectivity index (χ0v) is 10.6. The molecule has 0 unspecified atom stereocenters. The summed E-state index contributed by atoms with van der Waals surface area (Å²) >= 11 is 1.37.